The fourth-order valence-corrected chi connectivity index (χ4v) is 2.62. The van der Waals surface area contributed by atoms with Crippen LogP contribution in [0, 0.1) is 11.8 Å². The molecule has 0 bridgehead atoms. The summed E-state index contributed by atoms with van der Waals surface area (Å²) in [6, 6.07) is 8.46. The van der Waals surface area contributed by atoms with E-state index in [1.165, 1.54) is 12.0 Å². The zero-order valence-corrected chi connectivity index (χ0v) is 18.6. The predicted octanol–water partition coefficient (Wildman–Crippen LogP) is 7.79. The summed E-state index contributed by atoms with van der Waals surface area (Å²) in [6.07, 6.45) is 3.29. The molecule has 0 fully saturated rings. The summed E-state index contributed by atoms with van der Waals surface area (Å²) in [5, 5.41) is 0. The van der Waals surface area contributed by atoms with Gasteiger partial charge in [0.1, 0.15) is 5.76 Å². The predicted molar refractivity (Wildman–Crippen MR) is 118 cm³/mol. The third-order valence-corrected chi connectivity index (χ3v) is 4.05. The zero-order chi connectivity index (χ0) is 20.5. The molecule has 0 atom stereocenters. The van der Waals surface area contributed by atoms with Gasteiger partial charge in [-0.05, 0) is 47.8 Å². The highest BCUT2D eigenvalue weighted by molar-refractivity contribution is 5.64. The molecule has 146 valence electrons. The van der Waals surface area contributed by atoms with Gasteiger partial charge in [0, 0.05) is 5.56 Å². The van der Waals surface area contributed by atoms with Gasteiger partial charge in [-0.25, -0.2) is 0 Å². The van der Waals surface area contributed by atoms with E-state index in [2.05, 4.69) is 85.9 Å². The van der Waals surface area contributed by atoms with Crippen molar-refractivity contribution in [2.45, 2.75) is 67.2 Å². The molecule has 1 nitrogen and oxygen atoms in total. The summed E-state index contributed by atoms with van der Waals surface area (Å²) < 4.78 is 5.44. The molecule has 0 aliphatic heterocycles. The molecule has 1 aromatic rings. The van der Waals surface area contributed by atoms with Crippen LogP contribution in [0.4, 0.5) is 0 Å². The molecule has 0 radical (unpaired) electrons. The summed E-state index contributed by atoms with van der Waals surface area (Å²) in [6.45, 7) is 25.5. The van der Waals surface area contributed by atoms with Crippen molar-refractivity contribution in [3.05, 3.63) is 65.8 Å². The van der Waals surface area contributed by atoms with Gasteiger partial charge in [0.05, 0.1) is 7.11 Å². The van der Waals surface area contributed by atoms with Crippen molar-refractivity contribution in [2.75, 3.05) is 7.11 Å². The number of allylic oxidation sites excluding steroid dienone is 3. The number of methoxy groups -OCH3 is 1. The summed E-state index contributed by atoms with van der Waals surface area (Å²) in [4.78, 5) is 0. The second kappa shape index (κ2) is 11.1. The van der Waals surface area contributed by atoms with Crippen molar-refractivity contribution in [1.29, 1.82) is 0 Å². The second-order valence-corrected chi connectivity index (χ2v) is 8.87. The van der Waals surface area contributed by atoms with Crippen LogP contribution in [-0.4, -0.2) is 7.11 Å². The van der Waals surface area contributed by atoms with Crippen molar-refractivity contribution in [3.63, 3.8) is 0 Å². The average Bonchev–Trinajstić information content (AvgIpc) is 2.50. The van der Waals surface area contributed by atoms with Gasteiger partial charge in [0.2, 0.25) is 0 Å². The number of hydrogen-bond donors (Lipinski definition) is 0. The Balaban J connectivity index is 0.000000758. The third-order valence-electron chi connectivity index (χ3n) is 4.05. The monoisotopic (exact) mass is 356 g/mol. The van der Waals surface area contributed by atoms with Crippen LogP contribution in [-0.2, 0) is 10.2 Å². The molecule has 0 saturated heterocycles. The van der Waals surface area contributed by atoms with Crippen molar-refractivity contribution >= 4 is 5.76 Å². The van der Waals surface area contributed by atoms with Gasteiger partial charge in [0.15, 0.2) is 0 Å². The Kier molecular flexibility index (Phi) is 10.3. The first-order valence-corrected chi connectivity index (χ1v) is 9.59. The minimum atomic E-state index is 0.163. The topological polar surface area (TPSA) is 9.23 Å². The highest BCUT2D eigenvalue weighted by Crippen LogP contribution is 2.25. The molecular formula is C25H40O. The Morgan fingerprint density at radius 2 is 1.46 bits per heavy atom. The largest absolute Gasteiger partial charge is 0.496 e. The van der Waals surface area contributed by atoms with Crippen LogP contribution < -0.4 is 0 Å². The van der Waals surface area contributed by atoms with E-state index in [1.54, 1.807) is 7.11 Å². The molecular weight excluding hydrogens is 316 g/mol. The highest BCUT2D eigenvalue weighted by atomic mass is 16.5. The molecule has 0 aliphatic carbocycles. The maximum absolute atomic E-state index is 5.44. The lowest BCUT2D eigenvalue weighted by molar-refractivity contribution is 0.370. The molecule has 0 N–H and O–H groups in total. The van der Waals surface area contributed by atoms with Crippen LogP contribution in [0.25, 0.3) is 5.76 Å². The highest BCUT2D eigenvalue weighted by Gasteiger charge is 2.13. The number of rotatable bonds is 6. The van der Waals surface area contributed by atoms with Gasteiger partial charge >= 0.3 is 0 Å². The third kappa shape index (κ3) is 9.65. The molecule has 1 heteroatoms. The Morgan fingerprint density at radius 3 is 1.73 bits per heavy atom. The van der Waals surface area contributed by atoms with Crippen LogP contribution in [0.15, 0.2) is 54.6 Å². The van der Waals surface area contributed by atoms with E-state index in [4.69, 9.17) is 4.74 Å². The maximum Gasteiger partial charge on any atom is 0.126 e. The molecule has 0 heterocycles. The van der Waals surface area contributed by atoms with Crippen molar-refractivity contribution in [1.82, 2.24) is 0 Å². The van der Waals surface area contributed by atoms with Crippen LogP contribution >= 0.6 is 0 Å². The summed E-state index contributed by atoms with van der Waals surface area (Å²) in [5.74, 6) is 2.56. The fraction of sp³-hybridized carbons (Fsp3) is 0.520. The Morgan fingerprint density at radius 1 is 1.00 bits per heavy atom. The number of ether oxygens (including phenoxy) is 1. The lowest BCUT2D eigenvalue weighted by Crippen LogP contribution is -2.10. The first kappa shape index (κ1) is 24.2. The minimum Gasteiger partial charge on any atom is -0.496 e. The van der Waals surface area contributed by atoms with Gasteiger partial charge in [-0.15, -0.1) is 0 Å². The molecule has 1 aromatic carbocycles. The normalized spacial score (nSPS) is 11.9. The average molecular weight is 357 g/mol. The van der Waals surface area contributed by atoms with Crippen LogP contribution in [0.2, 0.25) is 0 Å². The summed E-state index contributed by atoms with van der Waals surface area (Å²) in [5.41, 5.74) is 4.36. The van der Waals surface area contributed by atoms with E-state index in [-0.39, 0.29) is 5.41 Å². The Labute approximate surface area is 162 Å². The molecule has 0 unspecified atom stereocenters. The van der Waals surface area contributed by atoms with Crippen molar-refractivity contribution in [3.8, 4) is 0 Å². The molecule has 0 aromatic heterocycles. The lowest BCUT2D eigenvalue weighted by Gasteiger charge is -2.19. The summed E-state index contributed by atoms with van der Waals surface area (Å²) in [7, 11) is 1.68. The van der Waals surface area contributed by atoms with E-state index >= 15 is 0 Å². The molecule has 26 heavy (non-hydrogen) atoms. The van der Waals surface area contributed by atoms with E-state index in [0.717, 1.165) is 34.3 Å². The Hall–Kier alpha value is -1.76. The van der Waals surface area contributed by atoms with E-state index in [9.17, 15) is 0 Å². The molecule has 1 rings (SSSR count). The molecule has 0 amide bonds. The number of benzene rings is 1. The van der Waals surface area contributed by atoms with Crippen LogP contribution in [0.5, 0.6) is 0 Å². The molecule has 0 aliphatic rings. The second-order valence-electron chi connectivity index (χ2n) is 8.87. The lowest BCUT2D eigenvalue weighted by atomic mass is 9.86. The Bertz CT molecular complexity index is 586. The van der Waals surface area contributed by atoms with E-state index in [1.807, 2.05) is 13.0 Å². The SMILES string of the molecule is C=C(C)C(=C)/C=C(\OC)c1ccc(C(C)(C)C)cc1.CC(C)CC(C)C. The maximum atomic E-state index is 5.44. The van der Waals surface area contributed by atoms with Gasteiger partial charge in [-0.1, -0.05) is 91.5 Å². The van der Waals surface area contributed by atoms with Gasteiger partial charge in [0.25, 0.3) is 0 Å². The van der Waals surface area contributed by atoms with Crippen LogP contribution in [0.3, 0.4) is 0 Å². The number of hydrogen-bond acceptors (Lipinski definition) is 1. The fourth-order valence-electron chi connectivity index (χ4n) is 2.62. The van der Waals surface area contributed by atoms with E-state index < -0.39 is 0 Å². The van der Waals surface area contributed by atoms with Crippen LogP contribution in [0.1, 0.15) is 72.9 Å². The van der Waals surface area contributed by atoms with Gasteiger partial charge < -0.3 is 4.74 Å². The molecule has 0 spiro atoms. The summed E-state index contributed by atoms with van der Waals surface area (Å²) >= 11 is 0. The van der Waals surface area contributed by atoms with E-state index in [0.29, 0.717) is 0 Å². The minimum absolute atomic E-state index is 0.163. The van der Waals surface area contributed by atoms with Gasteiger partial charge in [-0.3, -0.25) is 0 Å². The van der Waals surface area contributed by atoms with Crippen molar-refractivity contribution in [2.24, 2.45) is 11.8 Å². The molecule has 0 saturated carbocycles. The standard InChI is InChI=1S/C18H24O.C7H16/c1-13(2)14(3)12-17(19-7)15-8-10-16(11-9-15)18(4,5)6;1-6(2)5-7(3)4/h8-12H,1,3H2,2,4-7H3;6-7H,5H2,1-4H3/b17-12-;. The smallest absolute Gasteiger partial charge is 0.126 e. The van der Waals surface area contributed by atoms with Gasteiger partial charge in [-0.2, -0.15) is 0 Å². The first-order valence-electron chi connectivity index (χ1n) is 9.59. The zero-order valence-electron chi connectivity index (χ0n) is 18.6. The van der Waals surface area contributed by atoms with Crippen molar-refractivity contribution < 1.29 is 4.74 Å². The first-order chi connectivity index (χ1) is 11.9. The quantitative estimate of drug-likeness (QED) is 0.373.